The molecule has 8 heteroatoms. The van der Waals surface area contributed by atoms with Gasteiger partial charge >= 0.3 is 6.01 Å². The zero-order valence-corrected chi connectivity index (χ0v) is 11.8. The van der Waals surface area contributed by atoms with Crippen LogP contribution in [0.5, 0.6) is 11.8 Å². The molecule has 7 nitrogen and oxygen atoms in total. The fraction of sp³-hybridized carbons (Fsp3) is 0.154. The average molecular weight is 307 g/mol. The molecule has 0 bridgehead atoms. The number of benzene rings is 1. The normalized spacial score (nSPS) is 13.0. The van der Waals surface area contributed by atoms with E-state index in [1.807, 2.05) is 0 Å². The first-order valence-corrected chi connectivity index (χ1v) is 6.44. The van der Waals surface area contributed by atoms with Crippen molar-refractivity contribution in [3.8, 4) is 11.8 Å². The number of methoxy groups -OCH3 is 1. The van der Waals surface area contributed by atoms with Crippen molar-refractivity contribution in [2.45, 2.75) is 0 Å². The average Bonchev–Trinajstić information content (AvgIpc) is 2.94. The van der Waals surface area contributed by atoms with Crippen LogP contribution in [0.3, 0.4) is 0 Å². The second kappa shape index (κ2) is 5.45. The van der Waals surface area contributed by atoms with E-state index in [1.165, 1.54) is 7.11 Å². The van der Waals surface area contributed by atoms with Gasteiger partial charge in [-0.15, -0.1) is 5.10 Å². The Bertz CT molecular complexity index is 726. The smallest absolute Gasteiger partial charge is 0.336 e. The first kappa shape index (κ1) is 13.4. The largest absolute Gasteiger partial charge is 0.488 e. The first-order chi connectivity index (χ1) is 10.2. The van der Waals surface area contributed by atoms with Gasteiger partial charge in [-0.3, -0.25) is 10.1 Å². The summed E-state index contributed by atoms with van der Waals surface area (Å²) in [5, 5.41) is 9.45. The van der Waals surface area contributed by atoms with E-state index in [4.69, 9.17) is 21.1 Å². The van der Waals surface area contributed by atoms with Gasteiger partial charge in [0.25, 0.3) is 5.91 Å². The summed E-state index contributed by atoms with van der Waals surface area (Å²) in [4.78, 5) is 16.1. The lowest BCUT2D eigenvalue weighted by Crippen LogP contribution is -2.21. The number of aromatic amines is 1. The molecule has 108 valence electrons. The van der Waals surface area contributed by atoms with Crippen LogP contribution >= 0.6 is 11.6 Å². The first-order valence-electron chi connectivity index (χ1n) is 6.06. The summed E-state index contributed by atoms with van der Waals surface area (Å²) < 4.78 is 10.3. The highest BCUT2D eigenvalue weighted by Crippen LogP contribution is 2.29. The van der Waals surface area contributed by atoms with Crippen LogP contribution in [0.25, 0.3) is 6.08 Å². The molecule has 21 heavy (non-hydrogen) atoms. The maximum atomic E-state index is 12.1. The quantitative estimate of drug-likeness (QED) is 0.904. The molecular formula is C13H11ClN4O3. The van der Waals surface area contributed by atoms with Gasteiger partial charge in [-0.25, -0.2) is 5.10 Å². The van der Waals surface area contributed by atoms with E-state index in [0.29, 0.717) is 16.3 Å². The van der Waals surface area contributed by atoms with E-state index in [1.54, 1.807) is 24.3 Å². The number of aromatic nitrogens is 3. The second-order valence-electron chi connectivity index (χ2n) is 4.27. The molecule has 0 atom stereocenters. The van der Waals surface area contributed by atoms with Crippen LogP contribution < -0.4 is 14.8 Å². The Balaban J connectivity index is 1.79. The van der Waals surface area contributed by atoms with Crippen molar-refractivity contribution in [3.63, 3.8) is 0 Å². The lowest BCUT2D eigenvalue weighted by atomic mass is 10.1. The van der Waals surface area contributed by atoms with E-state index in [9.17, 15) is 4.79 Å². The molecule has 0 unspecified atom stereocenters. The van der Waals surface area contributed by atoms with E-state index in [2.05, 4.69) is 20.5 Å². The topological polar surface area (TPSA) is 89.1 Å². The highest BCUT2D eigenvalue weighted by Gasteiger charge is 2.18. The Morgan fingerprint density at radius 1 is 1.52 bits per heavy atom. The van der Waals surface area contributed by atoms with Gasteiger partial charge in [-0.2, -0.15) is 4.98 Å². The van der Waals surface area contributed by atoms with Gasteiger partial charge in [0.1, 0.15) is 12.4 Å². The summed E-state index contributed by atoms with van der Waals surface area (Å²) in [5.74, 6) is 0.561. The van der Waals surface area contributed by atoms with Crippen LogP contribution in [0, 0.1) is 0 Å². The van der Waals surface area contributed by atoms with Gasteiger partial charge in [-0.05, 0) is 24.3 Å². The summed E-state index contributed by atoms with van der Waals surface area (Å²) in [6, 6.07) is 5.39. The number of hydrogen-bond acceptors (Lipinski definition) is 5. The molecule has 2 aromatic rings. The molecule has 0 aliphatic carbocycles. The molecule has 1 aromatic heterocycles. The van der Waals surface area contributed by atoms with Crippen LogP contribution in [0.4, 0.5) is 5.95 Å². The number of carbonyl (C=O) groups is 1. The number of halogens is 1. The lowest BCUT2D eigenvalue weighted by molar-refractivity contribution is -0.113. The number of H-pyrrole nitrogens is 1. The summed E-state index contributed by atoms with van der Waals surface area (Å²) >= 11 is 5.93. The molecule has 3 rings (SSSR count). The monoisotopic (exact) mass is 306 g/mol. The minimum absolute atomic E-state index is 0.149. The van der Waals surface area contributed by atoms with E-state index in [-0.39, 0.29) is 24.5 Å². The van der Waals surface area contributed by atoms with Gasteiger partial charge in [0.05, 0.1) is 12.7 Å². The molecule has 1 aromatic carbocycles. The molecule has 0 spiro atoms. The molecule has 0 fully saturated rings. The minimum Gasteiger partial charge on any atom is -0.488 e. The number of nitrogens with one attached hydrogen (secondary N) is 2. The third-order valence-corrected chi connectivity index (χ3v) is 3.09. The zero-order chi connectivity index (χ0) is 14.8. The van der Waals surface area contributed by atoms with Crippen molar-refractivity contribution >= 4 is 29.5 Å². The number of hydrogen-bond donors (Lipinski definition) is 2. The minimum atomic E-state index is -0.334. The third-order valence-electron chi connectivity index (χ3n) is 2.86. The summed E-state index contributed by atoms with van der Waals surface area (Å²) in [5.41, 5.74) is 1.22. The number of anilines is 1. The van der Waals surface area contributed by atoms with Crippen molar-refractivity contribution in [1.29, 1.82) is 0 Å². The molecule has 2 heterocycles. The molecular weight excluding hydrogens is 296 g/mol. The van der Waals surface area contributed by atoms with E-state index >= 15 is 0 Å². The molecule has 0 saturated heterocycles. The Hall–Kier alpha value is -2.54. The summed E-state index contributed by atoms with van der Waals surface area (Å²) in [6.07, 6.45) is 1.73. The van der Waals surface area contributed by atoms with Gasteiger partial charge < -0.3 is 9.47 Å². The predicted octanol–water partition coefficient (Wildman–Crippen LogP) is 1.88. The molecule has 2 N–H and O–H groups in total. The number of amides is 1. The number of fused-ring (bicyclic) bond motifs is 1. The van der Waals surface area contributed by atoms with Crippen LogP contribution in [0.2, 0.25) is 5.02 Å². The predicted molar refractivity (Wildman–Crippen MR) is 76.5 cm³/mol. The maximum Gasteiger partial charge on any atom is 0.336 e. The van der Waals surface area contributed by atoms with Gasteiger partial charge in [0, 0.05) is 10.6 Å². The Morgan fingerprint density at radius 2 is 2.38 bits per heavy atom. The van der Waals surface area contributed by atoms with Crippen molar-refractivity contribution < 1.29 is 14.3 Å². The van der Waals surface area contributed by atoms with Gasteiger partial charge in [0.15, 0.2) is 0 Å². The van der Waals surface area contributed by atoms with E-state index in [0.717, 1.165) is 5.56 Å². The highest BCUT2D eigenvalue weighted by molar-refractivity contribution is 6.30. The van der Waals surface area contributed by atoms with E-state index < -0.39 is 0 Å². The Labute approximate surface area is 124 Å². The molecule has 1 aliphatic rings. The third kappa shape index (κ3) is 2.82. The van der Waals surface area contributed by atoms with Crippen LogP contribution in [-0.4, -0.2) is 34.8 Å². The molecule has 1 amide bonds. The standard InChI is InChI=1S/C13H11ClN4O3/c1-20-13-16-12(17-18-13)15-11(19)8-4-7-5-9(14)2-3-10(7)21-6-8/h2-5H,6H2,1H3,(H2,15,16,17,18,19). The van der Waals surface area contributed by atoms with Gasteiger partial charge in [-0.1, -0.05) is 11.6 Å². The summed E-state index contributed by atoms with van der Waals surface area (Å²) in [7, 11) is 1.44. The zero-order valence-electron chi connectivity index (χ0n) is 11.0. The maximum absolute atomic E-state index is 12.1. The van der Waals surface area contributed by atoms with Crippen LogP contribution in [0.15, 0.2) is 23.8 Å². The molecule has 0 saturated carbocycles. The SMILES string of the molecule is COc1n[nH]c(NC(=O)C2=Cc3cc(Cl)ccc3OC2)n1. The lowest BCUT2D eigenvalue weighted by Gasteiger charge is -2.17. The fourth-order valence-corrected chi connectivity index (χ4v) is 2.04. The molecule has 1 aliphatic heterocycles. The van der Waals surface area contributed by atoms with Crippen LogP contribution in [-0.2, 0) is 4.79 Å². The second-order valence-corrected chi connectivity index (χ2v) is 4.70. The summed E-state index contributed by atoms with van der Waals surface area (Å²) in [6.45, 7) is 0.172. The number of rotatable bonds is 3. The number of carbonyl (C=O) groups excluding carboxylic acids is 1. The van der Waals surface area contributed by atoms with Crippen molar-refractivity contribution in [2.75, 3.05) is 19.0 Å². The fourth-order valence-electron chi connectivity index (χ4n) is 1.86. The number of ether oxygens (including phenoxy) is 2. The van der Waals surface area contributed by atoms with Crippen molar-refractivity contribution in [1.82, 2.24) is 15.2 Å². The van der Waals surface area contributed by atoms with Crippen molar-refractivity contribution in [2.24, 2.45) is 0 Å². The molecule has 0 radical (unpaired) electrons. The van der Waals surface area contributed by atoms with Crippen LogP contribution in [0.1, 0.15) is 5.56 Å². The van der Waals surface area contributed by atoms with Crippen molar-refractivity contribution in [3.05, 3.63) is 34.4 Å². The Morgan fingerprint density at radius 3 is 3.14 bits per heavy atom. The highest BCUT2D eigenvalue weighted by atomic mass is 35.5. The Kier molecular flexibility index (Phi) is 3.49. The van der Waals surface area contributed by atoms with Gasteiger partial charge in [0.2, 0.25) is 5.95 Å². The number of nitrogens with zero attached hydrogens (tertiary/aromatic N) is 2.